The Morgan fingerprint density at radius 3 is 2.42 bits per heavy atom. The number of aryl methyl sites for hydroxylation is 1. The van der Waals surface area contributed by atoms with Crippen molar-refractivity contribution in [1.82, 2.24) is 0 Å². The normalized spacial score (nSPS) is 10.9. The number of carbonyl (C=O) groups excluding carboxylic acids is 1. The molecule has 2 aromatic carbocycles. The first-order valence-electron chi connectivity index (χ1n) is 7.86. The van der Waals surface area contributed by atoms with E-state index in [1.807, 2.05) is 72.1 Å². The molecule has 0 bridgehead atoms. The van der Waals surface area contributed by atoms with E-state index in [0.29, 0.717) is 6.54 Å². The molecule has 0 radical (unpaired) electrons. The fourth-order valence-electron chi connectivity index (χ4n) is 2.40. The molecule has 0 saturated heterocycles. The van der Waals surface area contributed by atoms with Crippen molar-refractivity contribution in [2.45, 2.75) is 13.5 Å². The summed E-state index contributed by atoms with van der Waals surface area (Å²) in [7, 11) is 0. The molecule has 0 spiro atoms. The Labute approximate surface area is 146 Å². The molecule has 0 aliphatic rings. The molecule has 0 aliphatic carbocycles. The number of benzene rings is 2. The van der Waals surface area contributed by atoms with Gasteiger partial charge in [0.25, 0.3) is 5.91 Å². The van der Waals surface area contributed by atoms with Crippen LogP contribution in [0.2, 0.25) is 0 Å². The van der Waals surface area contributed by atoms with Crippen LogP contribution in [0.15, 0.2) is 78.2 Å². The molecule has 1 aromatic heterocycles. The smallest absolute Gasteiger partial charge is 0.251 e. The minimum absolute atomic E-state index is 0.0184. The van der Waals surface area contributed by atoms with Crippen molar-refractivity contribution in [2.24, 2.45) is 0 Å². The Balaban J connectivity index is 1.81. The zero-order valence-electron chi connectivity index (χ0n) is 13.6. The van der Waals surface area contributed by atoms with Crippen molar-refractivity contribution in [3.63, 3.8) is 0 Å². The highest BCUT2D eigenvalue weighted by Gasteiger charge is 2.14. The highest BCUT2D eigenvalue weighted by atomic mass is 32.1. The molecule has 0 fully saturated rings. The van der Waals surface area contributed by atoms with Crippen LogP contribution < -0.4 is 4.90 Å². The molecular formula is C21H19NOS. The van der Waals surface area contributed by atoms with Gasteiger partial charge in [-0.05, 0) is 42.1 Å². The number of para-hydroxylation sites is 1. The largest absolute Gasteiger partial charge is 0.304 e. The molecule has 1 amide bonds. The van der Waals surface area contributed by atoms with Crippen LogP contribution in [-0.4, -0.2) is 5.91 Å². The number of rotatable bonds is 5. The lowest BCUT2D eigenvalue weighted by molar-refractivity contribution is -0.114. The maximum Gasteiger partial charge on any atom is 0.251 e. The second-order valence-corrected chi connectivity index (χ2v) is 6.62. The van der Waals surface area contributed by atoms with Crippen LogP contribution in [-0.2, 0) is 11.3 Å². The van der Waals surface area contributed by atoms with Crippen molar-refractivity contribution in [1.29, 1.82) is 0 Å². The van der Waals surface area contributed by atoms with Crippen molar-refractivity contribution < 1.29 is 4.79 Å². The molecule has 1 heterocycles. The van der Waals surface area contributed by atoms with E-state index in [4.69, 9.17) is 0 Å². The second kappa shape index (κ2) is 7.75. The van der Waals surface area contributed by atoms with Gasteiger partial charge in [-0.1, -0.05) is 54.1 Å². The standard InChI is InChI=1S/C21H19NOS/c1-17-9-11-18(12-10-17)13-14-21(23)22(16-20-8-5-15-24-20)19-6-3-2-4-7-19/h2-15H,16H2,1H3/b14-13+. The van der Waals surface area contributed by atoms with Crippen LogP contribution in [0.25, 0.3) is 6.08 Å². The topological polar surface area (TPSA) is 20.3 Å². The molecule has 0 N–H and O–H groups in total. The predicted molar refractivity (Wildman–Crippen MR) is 102 cm³/mol. The van der Waals surface area contributed by atoms with E-state index in [9.17, 15) is 4.79 Å². The van der Waals surface area contributed by atoms with E-state index < -0.39 is 0 Å². The van der Waals surface area contributed by atoms with Crippen molar-refractivity contribution in [2.75, 3.05) is 4.90 Å². The molecule has 0 unspecified atom stereocenters. The lowest BCUT2D eigenvalue weighted by Gasteiger charge is -2.20. The molecule has 0 saturated carbocycles. The Hall–Kier alpha value is -2.65. The SMILES string of the molecule is Cc1ccc(/C=C/C(=O)N(Cc2cccs2)c2ccccc2)cc1. The van der Waals surface area contributed by atoms with Crippen molar-refractivity contribution in [3.05, 3.63) is 94.2 Å². The second-order valence-electron chi connectivity index (χ2n) is 5.58. The minimum atomic E-state index is -0.0184. The third-order valence-corrected chi connectivity index (χ3v) is 4.58. The van der Waals surface area contributed by atoms with E-state index in [0.717, 1.165) is 16.1 Å². The first kappa shape index (κ1) is 16.2. The van der Waals surface area contributed by atoms with Gasteiger partial charge in [0.05, 0.1) is 6.54 Å². The molecular weight excluding hydrogens is 314 g/mol. The molecule has 120 valence electrons. The summed E-state index contributed by atoms with van der Waals surface area (Å²) in [6.45, 7) is 2.63. The predicted octanol–water partition coefficient (Wildman–Crippen LogP) is 5.30. The molecule has 3 rings (SSSR count). The van der Waals surface area contributed by atoms with E-state index in [-0.39, 0.29) is 5.91 Å². The number of carbonyl (C=O) groups is 1. The quantitative estimate of drug-likeness (QED) is 0.580. The van der Waals surface area contributed by atoms with Crippen LogP contribution in [0.1, 0.15) is 16.0 Å². The monoisotopic (exact) mass is 333 g/mol. The zero-order chi connectivity index (χ0) is 16.8. The maximum absolute atomic E-state index is 12.8. The fraction of sp³-hybridized carbons (Fsp3) is 0.0952. The van der Waals surface area contributed by atoms with Gasteiger partial charge in [-0.2, -0.15) is 0 Å². The Kier molecular flexibility index (Phi) is 5.24. The summed E-state index contributed by atoms with van der Waals surface area (Å²) >= 11 is 1.66. The van der Waals surface area contributed by atoms with Crippen molar-refractivity contribution >= 4 is 29.0 Å². The minimum Gasteiger partial charge on any atom is -0.304 e. The van der Waals surface area contributed by atoms with E-state index >= 15 is 0 Å². The summed E-state index contributed by atoms with van der Waals surface area (Å²) in [4.78, 5) is 15.7. The van der Waals surface area contributed by atoms with Gasteiger partial charge in [0.15, 0.2) is 0 Å². The average molecular weight is 333 g/mol. The third kappa shape index (κ3) is 4.21. The van der Waals surface area contributed by atoms with Crippen LogP contribution >= 0.6 is 11.3 Å². The summed E-state index contributed by atoms with van der Waals surface area (Å²) in [6, 6.07) is 22.0. The van der Waals surface area contributed by atoms with Gasteiger partial charge in [0, 0.05) is 16.6 Å². The molecule has 3 heteroatoms. The van der Waals surface area contributed by atoms with E-state index in [1.54, 1.807) is 22.3 Å². The fourth-order valence-corrected chi connectivity index (χ4v) is 3.09. The van der Waals surface area contributed by atoms with Gasteiger partial charge >= 0.3 is 0 Å². The molecule has 3 aromatic rings. The summed E-state index contributed by atoms with van der Waals surface area (Å²) in [5.41, 5.74) is 3.14. The number of amides is 1. The number of hydrogen-bond donors (Lipinski definition) is 0. The van der Waals surface area contributed by atoms with Gasteiger partial charge in [0.1, 0.15) is 0 Å². The highest BCUT2D eigenvalue weighted by Crippen LogP contribution is 2.20. The highest BCUT2D eigenvalue weighted by molar-refractivity contribution is 7.09. The molecule has 2 nitrogen and oxygen atoms in total. The van der Waals surface area contributed by atoms with Gasteiger partial charge in [-0.3, -0.25) is 4.79 Å². The van der Waals surface area contributed by atoms with E-state index in [1.165, 1.54) is 5.56 Å². The summed E-state index contributed by atoms with van der Waals surface area (Å²) in [5, 5.41) is 2.03. The third-order valence-electron chi connectivity index (χ3n) is 3.72. The van der Waals surface area contributed by atoms with Gasteiger partial charge in [0.2, 0.25) is 0 Å². The maximum atomic E-state index is 12.8. The number of nitrogens with zero attached hydrogens (tertiary/aromatic N) is 1. The van der Waals surface area contributed by atoms with Crippen molar-refractivity contribution in [3.8, 4) is 0 Å². The summed E-state index contributed by atoms with van der Waals surface area (Å²) < 4.78 is 0. The zero-order valence-corrected chi connectivity index (χ0v) is 14.4. The molecule has 0 atom stereocenters. The lowest BCUT2D eigenvalue weighted by atomic mass is 10.1. The Morgan fingerprint density at radius 2 is 1.75 bits per heavy atom. The number of anilines is 1. The molecule has 24 heavy (non-hydrogen) atoms. The Bertz CT molecular complexity index is 805. The Morgan fingerprint density at radius 1 is 1.00 bits per heavy atom. The van der Waals surface area contributed by atoms with E-state index in [2.05, 4.69) is 13.0 Å². The van der Waals surface area contributed by atoms with Crippen LogP contribution in [0, 0.1) is 6.92 Å². The first-order chi connectivity index (χ1) is 11.7. The number of hydrogen-bond acceptors (Lipinski definition) is 2. The van der Waals surface area contributed by atoms with Gasteiger partial charge < -0.3 is 4.90 Å². The van der Waals surface area contributed by atoms with Crippen LogP contribution in [0.4, 0.5) is 5.69 Å². The van der Waals surface area contributed by atoms with Crippen LogP contribution in [0.5, 0.6) is 0 Å². The summed E-state index contributed by atoms with van der Waals surface area (Å²) in [6.07, 6.45) is 3.51. The average Bonchev–Trinajstić information content (AvgIpc) is 3.13. The molecule has 0 aliphatic heterocycles. The number of thiophene rings is 1. The lowest BCUT2D eigenvalue weighted by Crippen LogP contribution is -2.28. The van der Waals surface area contributed by atoms with Gasteiger partial charge in [-0.25, -0.2) is 0 Å². The first-order valence-corrected chi connectivity index (χ1v) is 8.74. The van der Waals surface area contributed by atoms with Gasteiger partial charge in [-0.15, -0.1) is 11.3 Å². The summed E-state index contributed by atoms with van der Waals surface area (Å²) in [5.74, 6) is -0.0184. The van der Waals surface area contributed by atoms with Crippen LogP contribution in [0.3, 0.4) is 0 Å².